The van der Waals surface area contributed by atoms with Crippen LogP contribution in [0.2, 0.25) is 0 Å². The fraction of sp³-hybridized carbons (Fsp3) is 0.353. The van der Waals surface area contributed by atoms with Crippen molar-refractivity contribution in [3.8, 4) is 0 Å². The molecule has 1 aromatic heterocycles. The summed E-state index contributed by atoms with van der Waals surface area (Å²) in [4.78, 5) is 23.3. The molecule has 0 saturated heterocycles. The van der Waals surface area contributed by atoms with Crippen LogP contribution in [-0.4, -0.2) is 29.8 Å². The number of carbonyl (C=O) groups excluding carboxylic acids is 2. The maximum absolute atomic E-state index is 12.0. The molecule has 1 heterocycles. The Kier molecular flexibility index (Phi) is 6.43. The molecule has 128 valence electrons. The molecule has 0 spiro atoms. The third-order valence-corrected chi connectivity index (χ3v) is 4.50. The molecule has 0 bridgehead atoms. The summed E-state index contributed by atoms with van der Waals surface area (Å²) in [7, 11) is 1.61. The number of benzene rings is 1. The molecular formula is C17H21N3O3S. The van der Waals surface area contributed by atoms with Gasteiger partial charge in [-0.1, -0.05) is 17.3 Å². The number of rotatable bonds is 7. The molecule has 0 aliphatic heterocycles. The maximum Gasteiger partial charge on any atom is 0.234 e. The van der Waals surface area contributed by atoms with E-state index in [-0.39, 0.29) is 11.8 Å². The molecular weight excluding hydrogens is 326 g/mol. The lowest BCUT2D eigenvalue weighted by Crippen LogP contribution is -2.20. The largest absolute Gasteiger partial charge is 0.361 e. The summed E-state index contributed by atoms with van der Waals surface area (Å²) in [6, 6.07) is 7.27. The highest BCUT2D eigenvalue weighted by molar-refractivity contribution is 7.99. The van der Waals surface area contributed by atoms with Crippen LogP contribution in [0.5, 0.6) is 0 Å². The third-order valence-electron chi connectivity index (χ3n) is 3.54. The van der Waals surface area contributed by atoms with Gasteiger partial charge in [0.1, 0.15) is 5.76 Å². The number of nitrogens with zero attached hydrogens (tertiary/aromatic N) is 1. The van der Waals surface area contributed by atoms with Crippen molar-refractivity contribution in [3.05, 3.63) is 46.8 Å². The van der Waals surface area contributed by atoms with Crippen molar-refractivity contribution in [3.63, 3.8) is 0 Å². The second kappa shape index (κ2) is 8.54. The minimum absolute atomic E-state index is 0.0393. The first-order chi connectivity index (χ1) is 11.5. The SMILES string of the molecule is CNC(=O)Cc1ccc(NC(=O)CSCc2c(C)noc2C)cc1. The van der Waals surface area contributed by atoms with Crippen LogP contribution in [0.15, 0.2) is 28.8 Å². The highest BCUT2D eigenvalue weighted by atomic mass is 32.2. The van der Waals surface area contributed by atoms with E-state index in [9.17, 15) is 9.59 Å². The van der Waals surface area contributed by atoms with Crippen molar-refractivity contribution < 1.29 is 14.1 Å². The van der Waals surface area contributed by atoms with Gasteiger partial charge in [0.15, 0.2) is 0 Å². The highest BCUT2D eigenvalue weighted by Crippen LogP contribution is 2.19. The smallest absolute Gasteiger partial charge is 0.234 e. The molecule has 0 fully saturated rings. The predicted octanol–water partition coefficient (Wildman–Crippen LogP) is 2.45. The molecule has 2 aromatic rings. The molecule has 0 unspecified atom stereocenters. The van der Waals surface area contributed by atoms with Crippen LogP contribution in [0, 0.1) is 13.8 Å². The topological polar surface area (TPSA) is 84.2 Å². The lowest BCUT2D eigenvalue weighted by atomic mass is 10.1. The molecule has 7 heteroatoms. The summed E-state index contributed by atoms with van der Waals surface area (Å²) >= 11 is 1.52. The summed E-state index contributed by atoms with van der Waals surface area (Å²) in [5, 5.41) is 9.33. The zero-order chi connectivity index (χ0) is 17.5. The van der Waals surface area contributed by atoms with Crippen LogP contribution in [-0.2, 0) is 21.8 Å². The number of anilines is 1. The minimum atomic E-state index is -0.0641. The van der Waals surface area contributed by atoms with Crippen molar-refractivity contribution in [2.45, 2.75) is 26.0 Å². The summed E-state index contributed by atoms with van der Waals surface area (Å²) in [6.07, 6.45) is 0.331. The first-order valence-corrected chi connectivity index (χ1v) is 8.74. The van der Waals surface area contributed by atoms with Crippen LogP contribution >= 0.6 is 11.8 Å². The summed E-state index contributed by atoms with van der Waals surface area (Å²) in [5.41, 5.74) is 3.54. The number of hydrogen-bond acceptors (Lipinski definition) is 5. The van der Waals surface area contributed by atoms with Gasteiger partial charge in [-0.3, -0.25) is 9.59 Å². The Morgan fingerprint density at radius 2 is 1.88 bits per heavy atom. The van der Waals surface area contributed by atoms with E-state index in [4.69, 9.17) is 4.52 Å². The zero-order valence-corrected chi connectivity index (χ0v) is 14.8. The molecule has 0 atom stereocenters. The Morgan fingerprint density at radius 1 is 1.17 bits per heavy atom. The van der Waals surface area contributed by atoms with E-state index >= 15 is 0 Å². The number of likely N-dealkylation sites (N-methyl/N-ethyl adjacent to an activating group) is 1. The van der Waals surface area contributed by atoms with Gasteiger partial charge in [0.25, 0.3) is 0 Å². The van der Waals surface area contributed by atoms with E-state index < -0.39 is 0 Å². The number of thioether (sulfide) groups is 1. The molecule has 0 radical (unpaired) electrons. The van der Waals surface area contributed by atoms with Crippen LogP contribution in [0.1, 0.15) is 22.6 Å². The Labute approximate surface area is 145 Å². The number of nitrogens with one attached hydrogen (secondary N) is 2. The minimum Gasteiger partial charge on any atom is -0.361 e. The van der Waals surface area contributed by atoms with Gasteiger partial charge in [0.2, 0.25) is 11.8 Å². The Hall–Kier alpha value is -2.28. The normalized spacial score (nSPS) is 10.5. The van der Waals surface area contributed by atoms with E-state index in [1.165, 1.54) is 11.8 Å². The second-order valence-electron chi connectivity index (χ2n) is 5.39. The number of hydrogen-bond donors (Lipinski definition) is 2. The first-order valence-electron chi connectivity index (χ1n) is 7.58. The molecule has 24 heavy (non-hydrogen) atoms. The van der Waals surface area contributed by atoms with Gasteiger partial charge in [-0.25, -0.2) is 0 Å². The van der Waals surface area contributed by atoms with Crippen LogP contribution in [0.25, 0.3) is 0 Å². The Balaban J connectivity index is 1.79. The molecule has 2 amide bonds. The lowest BCUT2D eigenvalue weighted by molar-refractivity contribution is -0.120. The average Bonchev–Trinajstić information content (AvgIpc) is 2.88. The van der Waals surface area contributed by atoms with Gasteiger partial charge in [-0.05, 0) is 31.5 Å². The lowest BCUT2D eigenvalue weighted by Gasteiger charge is -2.06. The fourth-order valence-electron chi connectivity index (χ4n) is 2.13. The number of aromatic nitrogens is 1. The van der Waals surface area contributed by atoms with E-state index in [1.54, 1.807) is 19.2 Å². The molecule has 1 aromatic carbocycles. The maximum atomic E-state index is 12.0. The van der Waals surface area contributed by atoms with Crippen molar-refractivity contribution in [2.75, 3.05) is 18.1 Å². The molecule has 2 N–H and O–H groups in total. The van der Waals surface area contributed by atoms with Gasteiger partial charge in [0.05, 0.1) is 17.9 Å². The fourth-order valence-corrected chi connectivity index (χ4v) is 3.11. The van der Waals surface area contributed by atoms with Crippen molar-refractivity contribution >= 4 is 29.3 Å². The van der Waals surface area contributed by atoms with Crippen molar-refractivity contribution in [2.24, 2.45) is 0 Å². The summed E-state index contributed by atoms with van der Waals surface area (Å²) in [5.74, 6) is 1.74. The summed E-state index contributed by atoms with van der Waals surface area (Å²) in [6.45, 7) is 3.77. The Morgan fingerprint density at radius 3 is 2.46 bits per heavy atom. The highest BCUT2D eigenvalue weighted by Gasteiger charge is 2.10. The van der Waals surface area contributed by atoms with Crippen molar-refractivity contribution in [1.29, 1.82) is 0 Å². The van der Waals surface area contributed by atoms with Crippen LogP contribution in [0.3, 0.4) is 0 Å². The number of aryl methyl sites for hydroxylation is 2. The quantitative estimate of drug-likeness (QED) is 0.804. The van der Waals surface area contributed by atoms with Crippen molar-refractivity contribution in [1.82, 2.24) is 10.5 Å². The zero-order valence-electron chi connectivity index (χ0n) is 14.0. The van der Waals surface area contributed by atoms with Gasteiger partial charge < -0.3 is 15.2 Å². The molecule has 0 saturated carbocycles. The summed E-state index contributed by atoms with van der Waals surface area (Å²) < 4.78 is 5.10. The van der Waals surface area contributed by atoms with Gasteiger partial charge >= 0.3 is 0 Å². The van der Waals surface area contributed by atoms with E-state index in [0.29, 0.717) is 17.9 Å². The first kappa shape index (κ1) is 18.1. The molecule has 6 nitrogen and oxygen atoms in total. The van der Waals surface area contributed by atoms with E-state index in [0.717, 1.165) is 28.3 Å². The molecule has 2 rings (SSSR count). The average molecular weight is 347 g/mol. The molecule has 0 aliphatic rings. The third kappa shape index (κ3) is 5.13. The van der Waals surface area contributed by atoms with Crippen LogP contribution in [0.4, 0.5) is 5.69 Å². The Bertz CT molecular complexity index is 691. The number of amides is 2. The molecule has 0 aliphatic carbocycles. The van der Waals surface area contributed by atoms with Gasteiger partial charge in [0, 0.05) is 24.1 Å². The standard InChI is InChI=1S/C17H21N3O3S/c1-11-15(12(2)23-20-11)9-24-10-17(22)19-14-6-4-13(5-7-14)8-16(21)18-3/h4-7H,8-10H2,1-3H3,(H,18,21)(H,19,22). The van der Waals surface area contributed by atoms with Gasteiger partial charge in [-0.2, -0.15) is 0 Å². The van der Waals surface area contributed by atoms with Crippen LogP contribution < -0.4 is 10.6 Å². The second-order valence-corrected chi connectivity index (χ2v) is 6.38. The monoisotopic (exact) mass is 347 g/mol. The van der Waals surface area contributed by atoms with E-state index in [2.05, 4.69) is 15.8 Å². The van der Waals surface area contributed by atoms with E-state index in [1.807, 2.05) is 26.0 Å². The van der Waals surface area contributed by atoms with Gasteiger partial charge in [-0.15, -0.1) is 11.8 Å². The number of carbonyl (C=O) groups is 2. The predicted molar refractivity (Wildman–Crippen MR) is 95.0 cm³/mol.